The van der Waals surface area contributed by atoms with Gasteiger partial charge in [-0.25, -0.2) is 4.39 Å². The quantitative estimate of drug-likeness (QED) is 0.408. The van der Waals surface area contributed by atoms with Gasteiger partial charge in [-0.15, -0.1) is 0 Å². The largest absolute Gasteiger partial charge is 0.206 e. The minimum atomic E-state index is -0.646. The highest BCUT2D eigenvalue weighted by Gasteiger charge is 2.05. The van der Waals surface area contributed by atoms with E-state index in [0.29, 0.717) is 4.47 Å². The Hall–Kier alpha value is -0.770. The molecule has 0 unspecified atom stereocenters. The summed E-state index contributed by atoms with van der Waals surface area (Å²) >= 11 is 8.53. The Morgan fingerprint density at radius 2 is 2.25 bits per heavy atom. The molecule has 0 N–H and O–H groups in total. The Kier molecular flexibility index (Phi) is 2.92. The van der Waals surface area contributed by atoms with Gasteiger partial charge in [0.05, 0.1) is 5.69 Å². The zero-order valence-electron chi connectivity index (χ0n) is 5.63. The van der Waals surface area contributed by atoms with Crippen LogP contribution < -0.4 is 0 Å². The molecule has 0 heterocycles. The SMILES string of the molecule is [N-]=[N+]=Nc1c(F)cc(Cl)cc1Br. The highest BCUT2D eigenvalue weighted by atomic mass is 79.9. The van der Waals surface area contributed by atoms with Gasteiger partial charge in [0.1, 0.15) is 5.82 Å². The van der Waals surface area contributed by atoms with Crippen LogP contribution in [-0.4, -0.2) is 0 Å². The maximum absolute atomic E-state index is 12.9. The van der Waals surface area contributed by atoms with Crippen molar-refractivity contribution in [1.82, 2.24) is 0 Å². The predicted molar refractivity (Wildman–Crippen MR) is 47.9 cm³/mol. The number of hydrogen-bond donors (Lipinski definition) is 0. The second-order valence-electron chi connectivity index (χ2n) is 1.91. The fraction of sp³-hybridized carbons (Fsp3) is 0. The van der Waals surface area contributed by atoms with E-state index in [9.17, 15) is 4.39 Å². The van der Waals surface area contributed by atoms with E-state index in [1.807, 2.05) is 0 Å². The number of rotatable bonds is 1. The maximum Gasteiger partial charge on any atom is 0.135 e. The number of benzene rings is 1. The zero-order valence-corrected chi connectivity index (χ0v) is 7.97. The molecule has 0 aromatic heterocycles. The summed E-state index contributed by atoms with van der Waals surface area (Å²) < 4.78 is 13.3. The minimum absolute atomic E-state index is 0.0816. The van der Waals surface area contributed by atoms with Crippen molar-refractivity contribution in [2.24, 2.45) is 5.11 Å². The molecule has 0 aliphatic rings. The number of halogens is 3. The third kappa shape index (κ3) is 1.88. The number of hydrogen-bond acceptors (Lipinski definition) is 1. The molecule has 0 atom stereocenters. The van der Waals surface area contributed by atoms with E-state index in [4.69, 9.17) is 17.1 Å². The van der Waals surface area contributed by atoms with Crippen LogP contribution in [0.25, 0.3) is 10.4 Å². The van der Waals surface area contributed by atoms with Gasteiger partial charge in [0.15, 0.2) is 0 Å². The van der Waals surface area contributed by atoms with Crippen LogP contribution in [0.2, 0.25) is 5.02 Å². The van der Waals surface area contributed by atoms with E-state index in [1.54, 1.807) is 0 Å². The van der Waals surface area contributed by atoms with E-state index in [-0.39, 0.29) is 10.7 Å². The Labute approximate surface area is 80.9 Å². The van der Waals surface area contributed by atoms with Gasteiger partial charge >= 0.3 is 0 Å². The molecule has 0 radical (unpaired) electrons. The predicted octanol–water partition coefficient (Wildman–Crippen LogP) is 4.18. The molecular weight excluding hydrogens is 248 g/mol. The lowest BCUT2D eigenvalue weighted by molar-refractivity contribution is 0.629. The van der Waals surface area contributed by atoms with Crippen LogP contribution in [0.4, 0.5) is 10.1 Å². The van der Waals surface area contributed by atoms with Crippen molar-refractivity contribution in [3.05, 3.63) is 37.9 Å². The van der Waals surface area contributed by atoms with E-state index in [0.717, 1.165) is 6.07 Å². The standard InChI is InChI=1S/C6H2BrClFN3/c7-4-1-3(8)2-5(9)6(4)11-12-10/h1-2H. The smallest absolute Gasteiger partial charge is 0.135 e. The highest BCUT2D eigenvalue weighted by molar-refractivity contribution is 9.10. The van der Waals surface area contributed by atoms with Gasteiger partial charge in [-0.05, 0) is 17.7 Å². The van der Waals surface area contributed by atoms with Crippen LogP contribution in [0.15, 0.2) is 21.7 Å². The lowest BCUT2D eigenvalue weighted by atomic mass is 10.3. The van der Waals surface area contributed by atoms with Crippen molar-refractivity contribution in [1.29, 1.82) is 0 Å². The summed E-state index contributed by atoms with van der Waals surface area (Å²) in [6.45, 7) is 0. The van der Waals surface area contributed by atoms with Crippen molar-refractivity contribution >= 4 is 33.2 Å². The average molecular weight is 250 g/mol. The molecule has 6 heteroatoms. The van der Waals surface area contributed by atoms with Gasteiger partial charge in [0.2, 0.25) is 0 Å². The fourth-order valence-corrected chi connectivity index (χ4v) is 1.53. The van der Waals surface area contributed by atoms with Crippen molar-refractivity contribution in [3.8, 4) is 0 Å². The van der Waals surface area contributed by atoms with Crippen LogP contribution in [0, 0.1) is 5.82 Å². The molecule has 1 aromatic carbocycles. The monoisotopic (exact) mass is 249 g/mol. The Morgan fingerprint density at radius 1 is 1.58 bits per heavy atom. The molecule has 1 aromatic rings. The lowest BCUT2D eigenvalue weighted by Crippen LogP contribution is -1.76. The first-order valence-corrected chi connectivity index (χ1v) is 4.02. The van der Waals surface area contributed by atoms with Gasteiger partial charge in [0.25, 0.3) is 0 Å². The average Bonchev–Trinajstić information content (AvgIpc) is 1.96. The van der Waals surface area contributed by atoms with Crippen molar-refractivity contribution in [2.45, 2.75) is 0 Å². The van der Waals surface area contributed by atoms with Crippen LogP contribution in [0.3, 0.4) is 0 Å². The molecule has 0 fully saturated rings. The third-order valence-electron chi connectivity index (χ3n) is 1.13. The van der Waals surface area contributed by atoms with Crippen molar-refractivity contribution < 1.29 is 4.39 Å². The molecule has 0 amide bonds. The summed E-state index contributed by atoms with van der Waals surface area (Å²) in [6, 6.07) is 2.53. The molecule has 0 spiro atoms. The van der Waals surface area contributed by atoms with Crippen LogP contribution >= 0.6 is 27.5 Å². The summed E-state index contributed by atoms with van der Waals surface area (Å²) in [5.41, 5.74) is 7.99. The Bertz CT molecular complexity index is 339. The first-order valence-electron chi connectivity index (χ1n) is 2.85. The second-order valence-corrected chi connectivity index (χ2v) is 3.20. The summed E-state index contributed by atoms with van der Waals surface area (Å²) in [4.78, 5) is 2.47. The molecule has 0 aliphatic heterocycles. The van der Waals surface area contributed by atoms with Crippen molar-refractivity contribution in [2.75, 3.05) is 0 Å². The van der Waals surface area contributed by atoms with Gasteiger partial charge in [-0.1, -0.05) is 32.6 Å². The fourth-order valence-electron chi connectivity index (χ4n) is 0.675. The van der Waals surface area contributed by atoms with E-state index < -0.39 is 5.82 Å². The van der Waals surface area contributed by atoms with Gasteiger partial charge < -0.3 is 0 Å². The first-order chi connectivity index (χ1) is 5.65. The second kappa shape index (κ2) is 3.76. The normalized spacial score (nSPS) is 9.25. The van der Waals surface area contributed by atoms with E-state index >= 15 is 0 Å². The summed E-state index contributed by atoms with van der Waals surface area (Å²) in [7, 11) is 0. The van der Waals surface area contributed by atoms with Crippen LogP contribution in [0.1, 0.15) is 0 Å². The topological polar surface area (TPSA) is 48.8 Å². The van der Waals surface area contributed by atoms with E-state index in [2.05, 4.69) is 26.0 Å². The van der Waals surface area contributed by atoms with Crippen LogP contribution in [0.5, 0.6) is 0 Å². The minimum Gasteiger partial charge on any atom is -0.206 e. The number of azide groups is 1. The summed E-state index contributed by atoms with van der Waals surface area (Å²) in [5.74, 6) is -0.646. The third-order valence-corrected chi connectivity index (χ3v) is 1.95. The van der Waals surface area contributed by atoms with Gasteiger partial charge in [0, 0.05) is 14.4 Å². The Balaban J connectivity index is 3.37. The molecule has 0 saturated heterocycles. The lowest BCUT2D eigenvalue weighted by Gasteiger charge is -1.98. The zero-order chi connectivity index (χ0) is 9.14. The van der Waals surface area contributed by atoms with Crippen molar-refractivity contribution in [3.63, 3.8) is 0 Å². The maximum atomic E-state index is 12.9. The van der Waals surface area contributed by atoms with Crippen LogP contribution in [-0.2, 0) is 0 Å². The Morgan fingerprint density at radius 3 is 2.75 bits per heavy atom. The molecular formula is C6H2BrClFN3. The molecule has 3 nitrogen and oxygen atoms in total. The molecule has 62 valence electrons. The summed E-state index contributed by atoms with van der Waals surface area (Å²) in [5, 5.41) is 3.39. The van der Waals surface area contributed by atoms with E-state index in [1.165, 1.54) is 6.07 Å². The molecule has 1 rings (SSSR count). The number of nitrogens with zero attached hydrogens (tertiary/aromatic N) is 3. The molecule has 0 aliphatic carbocycles. The highest BCUT2D eigenvalue weighted by Crippen LogP contribution is 2.31. The molecule has 0 saturated carbocycles. The summed E-state index contributed by atoms with van der Waals surface area (Å²) in [6.07, 6.45) is 0. The van der Waals surface area contributed by atoms with Gasteiger partial charge in [-0.2, -0.15) is 0 Å². The first kappa shape index (κ1) is 9.32. The van der Waals surface area contributed by atoms with Gasteiger partial charge in [-0.3, -0.25) is 0 Å². The molecule has 12 heavy (non-hydrogen) atoms. The molecule has 0 bridgehead atoms.